The molecule has 30 heavy (non-hydrogen) atoms. The normalized spacial score (nSPS) is 11.4. The summed E-state index contributed by atoms with van der Waals surface area (Å²) < 4.78 is 56.4. The fourth-order valence-corrected chi connectivity index (χ4v) is 4.14. The van der Waals surface area contributed by atoms with Gasteiger partial charge in [-0.05, 0) is 60.0 Å². The Kier molecular flexibility index (Phi) is 6.31. The van der Waals surface area contributed by atoms with Crippen LogP contribution in [0.15, 0.2) is 66.0 Å². The Balaban J connectivity index is 2.02. The first-order valence-electron chi connectivity index (χ1n) is 8.66. The van der Waals surface area contributed by atoms with E-state index < -0.39 is 22.7 Å². The van der Waals surface area contributed by atoms with Crippen molar-refractivity contribution in [3.8, 4) is 17.0 Å². The molecule has 0 aliphatic rings. The van der Waals surface area contributed by atoms with Gasteiger partial charge in [0, 0.05) is 25.1 Å². The molecule has 2 heterocycles. The van der Waals surface area contributed by atoms with Gasteiger partial charge in [0.2, 0.25) is 0 Å². The van der Waals surface area contributed by atoms with E-state index >= 15 is 0 Å². The molecule has 0 saturated heterocycles. The topological polar surface area (TPSA) is 111 Å². The van der Waals surface area contributed by atoms with Gasteiger partial charge in [0.05, 0.1) is 5.69 Å². The van der Waals surface area contributed by atoms with Gasteiger partial charge in [0.1, 0.15) is 10.6 Å². The van der Waals surface area contributed by atoms with Crippen molar-refractivity contribution in [3.05, 3.63) is 66.6 Å². The lowest BCUT2D eigenvalue weighted by Gasteiger charge is -2.11. The second-order valence-corrected chi connectivity index (χ2v) is 7.92. The van der Waals surface area contributed by atoms with E-state index in [0.29, 0.717) is 11.1 Å². The second-order valence-electron chi connectivity index (χ2n) is 6.11. The van der Waals surface area contributed by atoms with E-state index in [0.717, 1.165) is 3.97 Å². The number of amides is 1. The first kappa shape index (κ1) is 21.2. The molecule has 0 aliphatic carbocycles. The van der Waals surface area contributed by atoms with Crippen LogP contribution in [0.3, 0.4) is 0 Å². The minimum atomic E-state index is -4.00. The molecule has 0 unspecified atom stereocenters. The smallest absolute Gasteiger partial charge is 0.404 e. The number of nitrogens with one attached hydrogen (secondary N) is 1. The molecule has 1 aromatic carbocycles. The number of hydrogen-bond donors (Lipinski definition) is 2. The van der Waals surface area contributed by atoms with E-state index in [1.54, 1.807) is 6.07 Å². The summed E-state index contributed by atoms with van der Waals surface area (Å²) in [5.41, 5.74) is 1.30. The average molecular weight is 437 g/mol. The highest BCUT2D eigenvalue weighted by Gasteiger charge is 2.22. The van der Waals surface area contributed by atoms with E-state index in [1.165, 1.54) is 55.0 Å². The summed E-state index contributed by atoms with van der Waals surface area (Å²) in [4.78, 5) is 14.5. The van der Waals surface area contributed by atoms with Crippen molar-refractivity contribution in [1.29, 1.82) is 0 Å². The van der Waals surface area contributed by atoms with E-state index in [9.17, 15) is 22.0 Å². The fraction of sp³-hybridized carbons (Fsp3) is 0.158. The van der Waals surface area contributed by atoms with Crippen LogP contribution in [0.1, 0.15) is 5.56 Å². The third-order valence-corrected chi connectivity index (χ3v) is 5.76. The Hall–Kier alpha value is -3.47. The number of nitrogens with zero attached hydrogens (tertiary/aromatic N) is 2. The van der Waals surface area contributed by atoms with Crippen LogP contribution in [0.5, 0.6) is 5.75 Å². The van der Waals surface area contributed by atoms with Crippen LogP contribution in [0.4, 0.5) is 13.6 Å². The minimum absolute atomic E-state index is 0.0327. The molecule has 1 amide bonds. The lowest BCUT2D eigenvalue weighted by molar-refractivity contribution is -0.0498. The molecule has 0 radical (unpaired) electrons. The first-order chi connectivity index (χ1) is 14.3. The molecule has 0 saturated carbocycles. The van der Waals surface area contributed by atoms with E-state index in [-0.39, 0.29) is 29.3 Å². The van der Waals surface area contributed by atoms with Gasteiger partial charge in [0.15, 0.2) is 0 Å². The number of alkyl halides is 2. The molecule has 2 N–H and O–H groups in total. The third kappa shape index (κ3) is 4.92. The highest BCUT2D eigenvalue weighted by atomic mass is 32.2. The summed E-state index contributed by atoms with van der Waals surface area (Å²) in [6, 6.07) is 10.0. The average Bonchev–Trinajstić information content (AvgIpc) is 3.13. The standard InChI is InChI=1S/C19H17F2N3O5S/c20-18(21)29-15-5-3-14(4-6-15)17-10-13(7-9-23-19(25)26)12-24(17)30(27,28)16-2-1-8-22-11-16/h1-6,8,10-12,18,23H,7,9H2,(H,25,26). The Labute approximate surface area is 170 Å². The van der Waals surface area contributed by atoms with Crippen LogP contribution in [-0.2, 0) is 16.4 Å². The quantitative estimate of drug-likeness (QED) is 0.560. The fourth-order valence-electron chi connectivity index (χ4n) is 2.78. The number of halogens is 2. The minimum Gasteiger partial charge on any atom is -0.465 e. The predicted octanol–water partition coefficient (Wildman–Crippen LogP) is 3.20. The summed E-state index contributed by atoms with van der Waals surface area (Å²) in [6.45, 7) is -2.88. The van der Waals surface area contributed by atoms with Crippen molar-refractivity contribution >= 4 is 16.1 Å². The van der Waals surface area contributed by atoms with E-state index in [1.807, 2.05) is 0 Å². The Morgan fingerprint density at radius 3 is 2.57 bits per heavy atom. The second kappa shape index (κ2) is 8.91. The summed E-state index contributed by atoms with van der Waals surface area (Å²) in [7, 11) is -4.00. The molecule has 0 aliphatic heterocycles. The van der Waals surface area contributed by atoms with Gasteiger partial charge in [-0.2, -0.15) is 8.78 Å². The maximum atomic E-state index is 13.1. The highest BCUT2D eigenvalue weighted by Crippen LogP contribution is 2.29. The van der Waals surface area contributed by atoms with Crippen molar-refractivity contribution in [1.82, 2.24) is 14.3 Å². The number of pyridine rings is 1. The summed E-state index contributed by atoms with van der Waals surface area (Å²) in [5, 5.41) is 10.9. The van der Waals surface area contributed by atoms with Crippen LogP contribution in [0.25, 0.3) is 11.3 Å². The van der Waals surface area contributed by atoms with Gasteiger partial charge in [-0.1, -0.05) is 0 Å². The van der Waals surface area contributed by atoms with E-state index in [2.05, 4.69) is 15.0 Å². The van der Waals surface area contributed by atoms with Crippen molar-refractivity contribution in [3.63, 3.8) is 0 Å². The SMILES string of the molecule is O=C(O)NCCc1cc(-c2ccc(OC(F)F)cc2)n(S(=O)(=O)c2cccnc2)c1. The molecule has 3 aromatic rings. The summed E-state index contributed by atoms with van der Waals surface area (Å²) in [6.07, 6.45) is 3.11. The van der Waals surface area contributed by atoms with Gasteiger partial charge in [-0.3, -0.25) is 4.98 Å². The van der Waals surface area contributed by atoms with Crippen LogP contribution in [0.2, 0.25) is 0 Å². The van der Waals surface area contributed by atoms with Crippen molar-refractivity contribution in [2.75, 3.05) is 6.54 Å². The first-order valence-corrected chi connectivity index (χ1v) is 10.1. The zero-order valence-corrected chi connectivity index (χ0v) is 16.2. The van der Waals surface area contributed by atoms with Crippen LogP contribution < -0.4 is 10.1 Å². The maximum absolute atomic E-state index is 13.1. The van der Waals surface area contributed by atoms with Crippen LogP contribution >= 0.6 is 0 Å². The van der Waals surface area contributed by atoms with Crippen LogP contribution in [-0.4, -0.2) is 41.7 Å². The molecular weight excluding hydrogens is 420 g/mol. The molecular formula is C19H17F2N3O5S. The molecule has 8 nitrogen and oxygen atoms in total. The predicted molar refractivity (Wildman–Crippen MR) is 103 cm³/mol. The Morgan fingerprint density at radius 2 is 1.97 bits per heavy atom. The van der Waals surface area contributed by atoms with Crippen molar-refractivity contribution < 1.29 is 31.8 Å². The number of aromatic nitrogens is 2. The molecule has 0 spiro atoms. The molecule has 3 rings (SSSR count). The molecule has 0 bridgehead atoms. The lowest BCUT2D eigenvalue weighted by Crippen LogP contribution is -2.23. The van der Waals surface area contributed by atoms with Gasteiger partial charge in [-0.15, -0.1) is 0 Å². The molecule has 2 aromatic heterocycles. The van der Waals surface area contributed by atoms with Gasteiger partial charge < -0.3 is 15.2 Å². The van der Waals surface area contributed by atoms with Crippen molar-refractivity contribution in [2.45, 2.75) is 17.9 Å². The largest absolute Gasteiger partial charge is 0.465 e. The molecule has 11 heteroatoms. The zero-order chi connectivity index (χ0) is 21.7. The number of carboxylic acid groups (broad SMARTS) is 1. The number of benzene rings is 1. The van der Waals surface area contributed by atoms with Gasteiger partial charge >= 0.3 is 12.7 Å². The van der Waals surface area contributed by atoms with E-state index in [4.69, 9.17) is 5.11 Å². The number of carbonyl (C=O) groups is 1. The number of rotatable bonds is 8. The molecule has 158 valence electrons. The number of ether oxygens (including phenoxy) is 1. The van der Waals surface area contributed by atoms with Crippen LogP contribution in [0, 0.1) is 0 Å². The molecule has 0 atom stereocenters. The Bertz CT molecular complexity index is 1120. The maximum Gasteiger partial charge on any atom is 0.404 e. The van der Waals surface area contributed by atoms with Gasteiger partial charge in [-0.25, -0.2) is 17.2 Å². The number of hydrogen-bond acceptors (Lipinski definition) is 5. The summed E-state index contributed by atoms with van der Waals surface area (Å²) >= 11 is 0. The lowest BCUT2D eigenvalue weighted by atomic mass is 10.1. The van der Waals surface area contributed by atoms with Gasteiger partial charge in [0.25, 0.3) is 10.0 Å². The zero-order valence-electron chi connectivity index (χ0n) is 15.4. The van der Waals surface area contributed by atoms with Crippen molar-refractivity contribution in [2.24, 2.45) is 0 Å². The monoisotopic (exact) mass is 437 g/mol. The summed E-state index contributed by atoms with van der Waals surface area (Å²) in [5.74, 6) is -0.0622. The highest BCUT2D eigenvalue weighted by molar-refractivity contribution is 7.90. The third-order valence-electron chi connectivity index (χ3n) is 4.10. The molecule has 0 fully saturated rings. The Morgan fingerprint density at radius 1 is 1.23 bits per heavy atom.